The maximum atomic E-state index is 12.1. The number of thiophene rings is 1. The highest BCUT2D eigenvalue weighted by Gasteiger charge is 2.16. The minimum absolute atomic E-state index is 0.00160. The topological polar surface area (TPSA) is 33.2 Å². The van der Waals surface area contributed by atoms with E-state index in [2.05, 4.69) is 20.9 Å². The largest absolute Gasteiger partial charge is 0.332 e. The monoisotopic (exact) mass is 330 g/mol. The number of thiazole rings is 1. The standard InChI is InChI=1S/C11H11BrN2OS2/c1-2-14(5-8-3-4-10(12)17-8)11(15)9-6-16-7-13-9/h3-4,6-7H,2,5H2,1H3. The molecule has 0 N–H and O–H groups in total. The van der Waals surface area contributed by atoms with Gasteiger partial charge in [-0.2, -0.15) is 0 Å². The van der Waals surface area contributed by atoms with Gasteiger partial charge in [-0.25, -0.2) is 4.98 Å². The summed E-state index contributed by atoms with van der Waals surface area (Å²) >= 11 is 6.52. The molecule has 0 aliphatic rings. The fourth-order valence-corrected chi connectivity index (χ4v) is 3.46. The minimum atomic E-state index is -0.00160. The van der Waals surface area contributed by atoms with E-state index >= 15 is 0 Å². The van der Waals surface area contributed by atoms with Crippen LogP contribution >= 0.6 is 38.6 Å². The van der Waals surface area contributed by atoms with E-state index in [1.807, 2.05) is 19.1 Å². The molecule has 0 aliphatic carbocycles. The van der Waals surface area contributed by atoms with E-state index in [1.165, 1.54) is 16.2 Å². The van der Waals surface area contributed by atoms with Gasteiger partial charge in [-0.05, 0) is 35.0 Å². The highest BCUT2D eigenvalue weighted by Crippen LogP contribution is 2.23. The lowest BCUT2D eigenvalue weighted by atomic mass is 10.3. The molecule has 0 fully saturated rings. The minimum Gasteiger partial charge on any atom is -0.332 e. The van der Waals surface area contributed by atoms with Crippen LogP contribution < -0.4 is 0 Å². The summed E-state index contributed by atoms with van der Waals surface area (Å²) < 4.78 is 1.09. The van der Waals surface area contributed by atoms with Crippen molar-refractivity contribution >= 4 is 44.5 Å². The van der Waals surface area contributed by atoms with Gasteiger partial charge >= 0.3 is 0 Å². The molecule has 2 aromatic rings. The third-order valence-corrected chi connectivity index (χ3v) is 4.49. The number of halogens is 1. The van der Waals surface area contributed by atoms with Crippen LogP contribution in [0.2, 0.25) is 0 Å². The predicted molar refractivity (Wildman–Crippen MR) is 74.5 cm³/mol. The molecule has 1 amide bonds. The summed E-state index contributed by atoms with van der Waals surface area (Å²) in [5, 5.41) is 1.79. The van der Waals surface area contributed by atoms with E-state index in [0.717, 1.165) is 3.79 Å². The van der Waals surface area contributed by atoms with E-state index in [0.29, 0.717) is 18.8 Å². The van der Waals surface area contributed by atoms with E-state index < -0.39 is 0 Å². The van der Waals surface area contributed by atoms with Crippen molar-refractivity contribution in [1.82, 2.24) is 9.88 Å². The zero-order valence-electron chi connectivity index (χ0n) is 9.22. The number of rotatable bonds is 4. The zero-order chi connectivity index (χ0) is 12.3. The van der Waals surface area contributed by atoms with Gasteiger partial charge in [-0.15, -0.1) is 22.7 Å². The highest BCUT2D eigenvalue weighted by molar-refractivity contribution is 9.11. The Morgan fingerprint density at radius 1 is 1.53 bits per heavy atom. The van der Waals surface area contributed by atoms with Crippen LogP contribution in [0.3, 0.4) is 0 Å². The van der Waals surface area contributed by atoms with E-state index in [9.17, 15) is 4.79 Å². The number of amides is 1. The maximum Gasteiger partial charge on any atom is 0.273 e. The lowest BCUT2D eigenvalue weighted by molar-refractivity contribution is 0.0749. The Kier molecular flexibility index (Phi) is 4.31. The van der Waals surface area contributed by atoms with Crippen LogP contribution in [-0.2, 0) is 6.54 Å². The van der Waals surface area contributed by atoms with Crippen LogP contribution in [0.5, 0.6) is 0 Å². The first-order valence-electron chi connectivity index (χ1n) is 5.12. The molecular formula is C11H11BrN2OS2. The average molecular weight is 331 g/mol. The molecule has 3 nitrogen and oxygen atoms in total. The summed E-state index contributed by atoms with van der Waals surface area (Å²) in [6, 6.07) is 4.03. The number of aromatic nitrogens is 1. The molecule has 0 saturated heterocycles. The van der Waals surface area contributed by atoms with Crippen LogP contribution in [0.15, 0.2) is 26.8 Å². The quantitative estimate of drug-likeness (QED) is 0.857. The van der Waals surface area contributed by atoms with Gasteiger partial charge in [-0.1, -0.05) is 0 Å². The predicted octanol–water partition coefficient (Wildman–Crippen LogP) is 3.63. The summed E-state index contributed by atoms with van der Waals surface area (Å²) in [6.07, 6.45) is 0. The van der Waals surface area contributed by atoms with E-state index in [4.69, 9.17) is 0 Å². The van der Waals surface area contributed by atoms with Crippen molar-refractivity contribution in [1.29, 1.82) is 0 Å². The summed E-state index contributed by atoms with van der Waals surface area (Å²) in [5.41, 5.74) is 2.22. The Balaban J connectivity index is 2.09. The van der Waals surface area contributed by atoms with Crippen LogP contribution in [0.25, 0.3) is 0 Å². The summed E-state index contributed by atoms with van der Waals surface area (Å²) in [7, 11) is 0. The smallest absolute Gasteiger partial charge is 0.273 e. The second-order valence-corrected chi connectivity index (χ2v) is 6.67. The van der Waals surface area contributed by atoms with Crippen molar-refractivity contribution in [2.45, 2.75) is 13.5 Å². The van der Waals surface area contributed by atoms with Crippen molar-refractivity contribution in [2.24, 2.45) is 0 Å². The Morgan fingerprint density at radius 3 is 2.88 bits per heavy atom. The van der Waals surface area contributed by atoms with Gasteiger partial charge in [0.05, 0.1) is 15.8 Å². The molecule has 2 heterocycles. The first kappa shape index (κ1) is 12.7. The molecule has 0 aromatic carbocycles. The zero-order valence-corrected chi connectivity index (χ0v) is 12.4. The second kappa shape index (κ2) is 5.75. The fraction of sp³-hybridized carbons (Fsp3) is 0.273. The Labute approximate surface area is 116 Å². The summed E-state index contributed by atoms with van der Waals surface area (Å²) in [5.74, 6) is -0.00160. The Morgan fingerprint density at radius 2 is 2.35 bits per heavy atom. The number of carbonyl (C=O) groups is 1. The molecule has 0 aliphatic heterocycles. The van der Waals surface area contributed by atoms with E-state index in [1.54, 1.807) is 27.1 Å². The average Bonchev–Trinajstić information content (AvgIpc) is 2.96. The lowest BCUT2D eigenvalue weighted by Crippen LogP contribution is -2.30. The van der Waals surface area contributed by atoms with Crippen LogP contribution in [0.4, 0.5) is 0 Å². The number of hydrogen-bond donors (Lipinski definition) is 0. The van der Waals surface area contributed by atoms with Gasteiger partial charge in [0.15, 0.2) is 0 Å². The molecule has 0 spiro atoms. The number of carbonyl (C=O) groups excluding carboxylic acids is 1. The normalized spacial score (nSPS) is 10.5. The fourth-order valence-electron chi connectivity index (χ4n) is 1.43. The van der Waals surface area contributed by atoms with Gasteiger partial charge in [0.25, 0.3) is 5.91 Å². The third-order valence-electron chi connectivity index (χ3n) is 2.30. The van der Waals surface area contributed by atoms with Gasteiger partial charge < -0.3 is 4.90 Å². The maximum absolute atomic E-state index is 12.1. The Bertz CT molecular complexity index is 495. The first-order valence-corrected chi connectivity index (χ1v) is 7.67. The molecule has 2 rings (SSSR count). The van der Waals surface area contributed by atoms with E-state index in [-0.39, 0.29) is 5.91 Å². The molecular weight excluding hydrogens is 320 g/mol. The van der Waals surface area contributed by atoms with Crippen molar-refractivity contribution < 1.29 is 4.79 Å². The van der Waals surface area contributed by atoms with Gasteiger partial charge in [-0.3, -0.25) is 4.79 Å². The molecule has 90 valence electrons. The summed E-state index contributed by atoms with van der Waals surface area (Å²) in [6.45, 7) is 3.31. The summed E-state index contributed by atoms with van der Waals surface area (Å²) in [4.78, 5) is 19.1. The molecule has 2 aromatic heterocycles. The Hall–Kier alpha value is -0.720. The second-order valence-electron chi connectivity index (χ2n) is 3.40. The van der Waals surface area contributed by atoms with Crippen molar-refractivity contribution in [3.05, 3.63) is 37.4 Å². The molecule has 0 atom stereocenters. The van der Waals surface area contributed by atoms with Gasteiger partial charge in [0, 0.05) is 16.8 Å². The van der Waals surface area contributed by atoms with Gasteiger partial charge in [0.1, 0.15) is 5.69 Å². The third kappa shape index (κ3) is 3.14. The number of nitrogens with zero attached hydrogens (tertiary/aromatic N) is 2. The van der Waals surface area contributed by atoms with Crippen molar-refractivity contribution in [3.8, 4) is 0 Å². The van der Waals surface area contributed by atoms with Crippen LogP contribution in [0, 0.1) is 0 Å². The lowest BCUT2D eigenvalue weighted by Gasteiger charge is -2.18. The number of hydrogen-bond acceptors (Lipinski definition) is 4. The van der Waals surface area contributed by atoms with Gasteiger partial charge in [0.2, 0.25) is 0 Å². The molecule has 6 heteroatoms. The van der Waals surface area contributed by atoms with Crippen molar-refractivity contribution in [2.75, 3.05) is 6.54 Å². The first-order chi connectivity index (χ1) is 8.20. The molecule has 17 heavy (non-hydrogen) atoms. The molecule has 0 bridgehead atoms. The molecule has 0 unspecified atom stereocenters. The van der Waals surface area contributed by atoms with Crippen molar-refractivity contribution in [3.63, 3.8) is 0 Å². The highest BCUT2D eigenvalue weighted by atomic mass is 79.9. The van der Waals surface area contributed by atoms with Crippen LogP contribution in [-0.4, -0.2) is 22.3 Å². The molecule has 0 radical (unpaired) electrons. The SMILES string of the molecule is CCN(Cc1ccc(Br)s1)C(=O)c1cscn1. The molecule has 0 saturated carbocycles. The van der Waals surface area contributed by atoms with Crippen LogP contribution in [0.1, 0.15) is 22.3 Å².